The molecule has 6 nitrogen and oxygen atoms in total. The Morgan fingerprint density at radius 2 is 1.79 bits per heavy atom. The summed E-state index contributed by atoms with van der Waals surface area (Å²) in [5, 5.41) is 21.3. The molecule has 1 amide bonds. The summed E-state index contributed by atoms with van der Waals surface area (Å²) in [7, 11) is 0. The molecule has 0 spiro atoms. The third-order valence-electron chi connectivity index (χ3n) is 5.52. The number of benzene rings is 3. The van der Waals surface area contributed by atoms with Gasteiger partial charge in [0.25, 0.3) is 11.7 Å². The van der Waals surface area contributed by atoms with Crippen molar-refractivity contribution in [2.24, 2.45) is 0 Å². The normalized spacial score (nSPS) is 17.4. The lowest BCUT2D eigenvalue weighted by Crippen LogP contribution is -2.29. The zero-order chi connectivity index (χ0) is 23.7. The summed E-state index contributed by atoms with van der Waals surface area (Å²) in [4.78, 5) is 27.8. The number of ketones is 1. The average Bonchev–Trinajstić information content (AvgIpc) is 3.08. The number of phenols is 1. The molecule has 0 saturated carbocycles. The number of anilines is 1. The molecule has 4 rings (SSSR count). The van der Waals surface area contributed by atoms with Crippen molar-refractivity contribution in [3.05, 3.63) is 93.5 Å². The number of rotatable bonds is 5. The number of carbonyl (C=O) groups excluding carboxylic acids is 2. The first-order valence-electron chi connectivity index (χ1n) is 10.4. The highest BCUT2D eigenvalue weighted by molar-refractivity contribution is 9.10. The molecular formula is C26H22BrNO5. The molecule has 1 aliphatic rings. The molecule has 0 unspecified atom stereocenters. The van der Waals surface area contributed by atoms with E-state index in [9.17, 15) is 19.8 Å². The molecule has 0 aromatic heterocycles. The minimum atomic E-state index is -0.917. The van der Waals surface area contributed by atoms with E-state index in [0.29, 0.717) is 23.4 Å². The number of ether oxygens (including phenoxy) is 1. The van der Waals surface area contributed by atoms with E-state index in [-0.39, 0.29) is 22.8 Å². The third-order valence-corrected chi connectivity index (χ3v) is 6.38. The first-order chi connectivity index (χ1) is 15.8. The van der Waals surface area contributed by atoms with Crippen molar-refractivity contribution in [3.8, 4) is 11.5 Å². The second-order valence-corrected chi connectivity index (χ2v) is 8.48. The molecule has 1 atom stereocenters. The molecule has 1 aliphatic heterocycles. The summed E-state index contributed by atoms with van der Waals surface area (Å²) in [5.74, 6) is -1.63. The molecule has 7 heteroatoms. The molecule has 3 aromatic rings. The molecule has 0 bridgehead atoms. The zero-order valence-electron chi connectivity index (χ0n) is 18.1. The minimum absolute atomic E-state index is 0.0314. The second-order valence-electron chi connectivity index (χ2n) is 7.63. The SMILES string of the molecule is CCOc1cc([C@H]2C(=C(O)c3ccccc3)C(=O)C(=O)N2c2ccc(C)c(Br)c2)ccc1O. The van der Waals surface area contributed by atoms with Gasteiger partial charge in [-0.15, -0.1) is 0 Å². The van der Waals surface area contributed by atoms with E-state index in [1.807, 2.05) is 13.0 Å². The van der Waals surface area contributed by atoms with E-state index in [1.54, 1.807) is 61.5 Å². The van der Waals surface area contributed by atoms with Crippen molar-refractivity contribution in [1.29, 1.82) is 0 Å². The van der Waals surface area contributed by atoms with Crippen LogP contribution in [-0.2, 0) is 9.59 Å². The molecule has 1 heterocycles. The number of halogens is 1. The zero-order valence-corrected chi connectivity index (χ0v) is 19.7. The van der Waals surface area contributed by atoms with Crippen molar-refractivity contribution in [2.45, 2.75) is 19.9 Å². The van der Waals surface area contributed by atoms with E-state index in [4.69, 9.17) is 4.74 Å². The first kappa shape index (κ1) is 22.6. The Morgan fingerprint density at radius 3 is 2.45 bits per heavy atom. The van der Waals surface area contributed by atoms with Crippen molar-refractivity contribution in [2.75, 3.05) is 11.5 Å². The van der Waals surface area contributed by atoms with E-state index >= 15 is 0 Å². The Bertz CT molecular complexity index is 1270. The monoisotopic (exact) mass is 507 g/mol. The van der Waals surface area contributed by atoms with Gasteiger partial charge in [-0.1, -0.05) is 58.4 Å². The number of aryl methyl sites for hydroxylation is 1. The van der Waals surface area contributed by atoms with Gasteiger partial charge in [-0.05, 0) is 49.2 Å². The fourth-order valence-electron chi connectivity index (χ4n) is 3.87. The molecule has 168 valence electrons. The highest BCUT2D eigenvalue weighted by Gasteiger charge is 2.47. The van der Waals surface area contributed by atoms with Gasteiger partial charge in [-0.25, -0.2) is 0 Å². The number of carbonyl (C=O) groups is 2. The van der Waals surface area contributed by atoms with Crippen molar-refractivity contribution in [3.63, 3.8) is 0 Å². The summed E-state index contributed by atoms with van der Waals surface area (Å²) < 4.78 is 6.30. The number of hydrogen-bond donors (Lipinski definition) is 2. The topological polar surface area (TPSA) is 87.1 Å². The summed E-state index contributed by atoms with van der Waals surface area (Å²) in [5.41, 5.74) is 2.38. The fourth-order valence-corrected chi connectivity index (χ4v) is 4.24. The van der Waals surface area contributed by atoms with Gasteiger partial charge in [-0.3, -0.25) is 14.5 Å². The van der Waals surface area contributed by atoms with E-state index < -0.39 is 17.7 Å². The van der Waals surface area contributed by atoms with Crippen LogP contribution < -0.4 is 9.64 Å². The Balaban J connectivity index is 1.97. The van der Waals surface area contributed by atoms with Crippen LogP contribution in [0.1, 0.15) is 29.7 Å². The van der Waals surface area contributed by atoms with E-state index in [1.165, 1.54) is 11.0 Å². The van der Waals surface area contributed by atoms with Gasteiger partial charge in [0, 0.05) is 15.7 Å². The number of hydrogen-bond acceptors (Lipinski definition) is 5. The molecule has 1 saturated heterocycles. The van der Waals surface area contributed by atoms with Gasteiger partial charge < -0.3 is 14.9 Å². The lowest BCUT2D eigenvalue weighted by molar-refractivity contribution is -0.132. The lowest BCUT2D eigenvalue weighted by atomic mass is 9.94. The highest BCUT2D eigenvalue weighted by Crippen LogP contribution is 2.44. The van der Waals surface area contributed by atoms with Crippen LogP contribution in [0.5, 0.6) is 11.5 Å². The number of aliphatic hydroxyl groups excluding tert-OH is 1. The van der Waals surface area contributed by atoms with Gasteiger partial charge in [0.15, 0.2) is 11.5 Å². The predicted molar refractivity (Wildman–Crippen MR) is 129 cm³/mol. The number of aliphatic hydroxyl groups is 1. The van der Waals surface area contributed by atoms with Crippen LogP contribution >= 0.6 is 15.9 Å². The number of Topliss-reactive ketones (excluding diaryl/α,β-unsaturated/α-hetero) is 1. The van der Waals surface area contributed by atoms with Crippen LogP contribution in [0.15, 0.2) is 76.8 Å². The summed E-state index contributed by atoms with van der Waals surface area (Å²) in [6, 6.07) is 17.7. The van der Waals surface area contributed by atoms with Crippen LogP contribution in [0.2, 0.25) is 0 Å². The Hall–Kier alpha value is -3.58. The molecule has 33 heavy (non-hydrogen) atoms. The standard InChI is InChI=1S/C26H22BrNO5/c1-3-33-21-13-17(10-12-20(21)29)23-22(24(30)16-7-5-4-6-8-16)25(31)26(32)28(23)18-11-9-15(2)19(27)14-18/h4-14,23,29-30H,3H2,1-2H3/t23-/m0/s1. The minimum Gasteiger partial charge on any atom is -0.507 e. The summed E-state index contributed by atoms with van der Waals surface area (Å²) in [6.07, 6.45) is 0. The first-order valence-corrected chi connectivity index (χ1v) is 11.2. The number of phenolic OH excluding ortho intramolecular Hbond substituents is 1. The van der Waals surface area contributed by atoms with Crippen LogP contribution in [0, 0.1) is 6.92 Å². The van der Waals surface area contributed by atoms with Crippen LogP contribution in [-0.4, -0.2) is 28.5 Å². The fraction of sp³-hybridized carbons (Fsp3) is 0.154. The number of nitrogens with zero attached hydrogens (tertiary/aromatic N) is 1. The third kappa shape index (κ3) is 4.12. The van der Waals surface area contributed by atoms with Gasteiger partial charge in [0.2, 0.25) is 0 Å². The molecule has 1 fully saturated rings. The van der Waals surface area contributed by atoms with Crippen molar-refractivity contribution < 1.29 is 24.5 Å². The second kappa shape index (κ2) is 9.11. The van der Waals surface area contributed by atoms with E-state index in [2.05, 4.69) is 15.9 Å². The van der Waals surface area contributed by atoms with E-state index in [0.717, 1.165) is 10.0 Å². The Kier molecular flexibility index (Phi) is 6.24. The van der Waals surface area contributed by atoms with Crippen LogP contribution in [0.3, 0.4) is 0 Å². The maximum absolute atomic E-state index is 13.2. The average molecular weight is 508 g/mol. The van der Waals surface area contributed by atoms with Crippen LogP contribution in [0.4, 0.5) is 5.69 Å². The highest BCUT2D eigenvalue weighted by atomic mass is 79.9. The summed E-state index contributed by atoms with van der Waals surface area (Å²) in [6.45, 7) is 4.03. The molecular weight excluding hydrogens is 486 g/mol. The smallest absolute Gasteiger partial charge is 0.300 e. The van der Waals surface area contributed by atoms with Crippen LogP contribution in [0.25, 0.3) is 5.76 Å². The van der Waals surface area contributed by atoms with Gasteiger partial charge in [-0.2, -0.15) is 0 Å². The number of amides is 1. The van der Waals surface area contributed by atoms with Crippen molar-refractivity contribution >= 4 is 39.1 Å². The molecule has 2 N–H and O–H groups in total. The quantitative estimate of drug-likeness (QED) is 0.271. The number of aromatic hydroxyl groups is 1. The maximum Gasteiger partial charge on any atom is 0.300 e. The van der Waals surface area contributed by atoms with Gasteiger partial charge in [0.1, 0.15) is 5.76 Å². The van der Waals surface area contributed by atoms with Crippen molar-refractivity contribution in [1.82, 2.24) is 0 Å². The Morgan fingerprint density at radius 1 is 1.06 bits per heavy atom. The molecule has 0 aliphatic carbocycles. The molecule has 3 aromatic carbocycles. The van der Waals surface area contributed by atoms with Gasteiger partial charge in [0.05, 0.1) is 18.2 Å². The Labute approximate surface area is 199 Å². The maximum atomic E-state index is 13.2. The predicted octanol–water partition coefficient (Wildman–Crippen LogP) is 5.49. The van der Waals surface area contributed by atoms with Gasteiger partial charge >= 0.3 is 0 Å². The largest absolute Gasteiger partial charge is 0.507 e. The molecule has 0 radical (unpaired) electrons. The lowest BCUT2D eigenvalue weighted by Gasteiger charge is -2.26. The summed E-state index contributed by atoms with van der Waals surface area (Å²) >= 11 is 3.49.